The maximum absolute atomic E-state index is 2.33. The molecule has 0 saturated heterocycles. The van der Waals surface area contributed by atoms with Crippen LogP contribution in [0.3, 0.4) is 0 Å². The minimum Gasteiger partial charge on any atom is -0.310 e. The summed E-state index contributed by atoms with van der Waals surface area (Å²) < 4.78 is 0. The minimum absolute atomic E-state index is 1.13. The van der Waals surface area contributed by atoms with Crippen molar-refractivity contribution in [1.29, 1.82) is 0 Å². The van der Waals surface area contributed by atoms with Crippen molar-refractivity contribution in [3.63, 3.8) is 0 Å². The second-order valence-corrected chi connectivity index (χ2v) is 10.1. The number of rotatable bonds is 7. The van der Waals surface area contributed by atoms with Gasteiger partial charge < -0.3 is 4.90 Å². The zero-order chi connectivity index (χ0) is 25.6. The molecule has 0 spiro atoms. The lowest BCUT2D eigenvalue weighted by atomic mass is 10.1. The van der Waals surface area contributed by atoms with E-state index in [1.54, 1.807) is 11.3 Å². The topological polar surface area (TPSA) is 3.24 Å². The number of nitrogens with zero attached hydrogens (tertiary/aromatic N) is 1. The fourth-order valence-corrected chi connectivity index (χ4v) is 5.24. The Hall–Kier alpha value is -4.66. The highest BCUT2D eigenvalue weighted by atomic mass is 32.1. The monoisotopic (exact) mass is 505 g/mol. The SMILES string of the molecule is C(=Cc1ccc(N(c2ccccc2)c2cccc3ccccc23)cc1)c1ccc(C=Cc2cccs2)cc1. The molecule has 0 radical (unpaired) electrons. The Kier molecular flexibility index (Phi) is 6.97. The van der Waals surface area contributed by atoms with E-state index in [1.165, 1.54) is 38.0 Å². The van der Waals surface area contributed by atoms with Crippen LogP contribution in [0.2, 0.25) is 0 Å². The van der Waals surface area contributed by atoms with Gasteiger partial charge >= 0.3 is 0 Å². The largest absolute Gasteiger partial charge is 0.310 e. The molecule has 0 aliphatic carbocycles. The summed E-state index contributed by atoms with van der Waals surface area (Å²) in [5.41, 5.74) is 7.00. The normalized spacial score (nSPS) is 11.5. The van der Waals surface area contributed by atoms with Crippen molar-refractivity contribution in [2.24, 2.45) is 0 Å². The molecule has 0 atom stereocenters. The molecule has 0 unspecified atom stereocenters. The van der Waals surface area contributed by atoms with E-state index in [-0.39, 0.29) is 0 Å². The van der Waals surface area contributed by atoms with Crippen LogP contribution in [0.5, 0.6) is 0 Å². The van der Waals surface area contributed by atoms with Crippen molar-refractivity contribution in [1.82, 2.24) is 0 Å². The summed E-state index contributed by atoms with van der Waals surface area (Å²) in [6.45, 7) is 0. The summed E-state index contributed by atoms with van der Waals surface area (Å²) in [7, 11) is 0. The first-order valence-electron chi connectivity index (χ1n) is 12.8. The molecule has 6 aromatic rings. The van der Waals surface area contributed by atoms with Gasteiger partial charge in [-0.15, -0.1) is 11.3 Å². The number of fused-ring (bicyclic) bond motifs is 1. The maximum Gasteiger partial charge on any atom is 0.0540 e. The Balaban J connectivity index is 1.25. The van der Waals surface area contributed by atoms with Gasteiger partial charge in [-0.1, -0.05) is 115 Å². The van der Waals surface area contributed by atoms with Gasteiger partial charge in [0.05, 0.1) is 5.69 Å². The molecule has 0 bridgehead atoms. The van der Waals surface area contributed by atoms with Crippen molar-refractivity contribution >= 4 is 63.5 Å². The Morgan fingerprint density at radius 2 is 1.03 bits per heavy atom. The van der Waals surface area contributed by atoms with E-state index >= 15 is 0 Å². The summed E-state index contributed by atoms with van der Waals surface area (Å²) in [5, 5.41) is 4.57. The Bertz CT molecular complexity index is 1670. The smallest absolute Gasteiger partial charge is 0.0540 e. The van der Waals surface area contributed by atoms with E-state index in [1.807, 2.05) is 0 Å². The van der Waals surface area contributed by atoms with Crippen molar-refractivity contribution in [3.8, 4) is 0 Å². The third-order valence-electron chi connectivity index (χ3n) is 6.56. The van der Waals surface area contributed by atoms with Crippen LogP contribution in [-0.2, 0) is 0 Å². The molecule has 0 saturated carbocycles. The van der Waals surface area contributed by atoms with Crippen molar-refractivity contribution in [3.05, 3.63) is 160 Å². The van der Waals surface area contributed by atoms with Crippen LogP contribution in [0.15, 0.2) is 139 Å². The van der Waals surface area contributed by atoms with Crippen LogP contribution < -0.4 is 4.90 Å². The zero-order valence-electron chi connectivity index (χ0n) is 20.9. The maximum atomic E-state index is 2.33. The van der Waals surface area contributed by atoms with Gasteiger partial charge in [0.25, 0.3) is 0 Å². The van der Waals surface area contributed by atoms with Crippen LogP contribution in [0.1, 0.15) is 21.6 Å². The highest BCUT2D eigenvalue weighted by Crippen LogP contribution is 2.38. The molecule has 2 heteroatoms. The lowest BCUT2D eigenvalue weighted by molar-refractivity contribution is 1.30. The third kappa shape index (κ3) is 5.36. The van der Waals surface area contributed by atoms with Gasteiger partial charge in [-0.3, -0.25) is 0 Å². The standard InChI is InChI=1S/C36H27NS/c1-2-10-32(11-3-1)37(36-14-6-9-31-8-4-5-13-35(31)36)33-24-21-30(22-25-33)20-17-28-15-18-29(19-16-28)23-26-34-12-7-27-38-34/h1-27H. The summed E-state index contributed by atoms with van der Waals surface area (Å²) >= 11 is 1.75. The van der Waals surface area contributed by atoms with E-state index < -0.39 is 0 Å². The van der Waals surface area contributed by atoms with Gasteiger partial charge in [0.15, 0.2) is 0 Å². The predicted octanol–water partition coefficient (Wildman–Crippen LogP) is 10.7. The molecule has 6 rings (SSSR count). The highest BCUT2D eigenvalue weighted by molar-refractivity contribution is 7.10. The van der Waals surface area contributed by atoms with E-state index in [9.17, 15) is 0 Å². The quantitative estimate of drug-likeness (QED) is 0.195. The number of thiophene rings is 1. The average molecular weight is 506 g/mol. The van der Waals surface area contributed by atoms with Crippen molar-refractivity contribution < 1.29 is 0 Å². The second kappa shape index (κ2) is 11.2. The van der Waals surface area contributed by atoms with Crippen LogP contribution in [0.25, 0.3) is 35.1 Å². The fraction of sp³-hybridized carbons (Fsp3) is 0. The Labute approximate surface area is 228 Å². The van der Waals surface area contributed by atoms with Crippen LogP contribution in [0, 0.1) is 0 Å². The summed E-state index contributed by atoms with van der Waals surface area (Å²) in [6, 6.07) is 47.3. The molecule has 38 heavy (non-hydrogen) atoms. The number of anilines is 3. The van der Waals surface area contributed by atoms with Gasteiger partial charge in [0.2, 0.25) is 0 Å². The van der Waals surface area contributed by atoms with Gasteiger partial charge in [-0.2, -0.15) is 0 Å². The van der Waals surface area contributed by atoms with E-state index in [4.69, 9.17) is 0 Å². The van der Waals surface area contributed by atoms with Crippen molar-refractivity contribution in [2.75, 3.05) is 4.90 Å². The second-order valence-electron chi connectivity index (χ2n) is 9.11. The Morgan fingerprint density at radius 3 is 1.71 bits per heavy atom. The predicted molar refractivity (Wildman–Crippen MR) is 167 cm³/mol. The fourth-order valence-electron chi connectivity index (χ4n) is 4.62. The molecule has 1 heterocycles. The minimum atomic E-state index is 1.13. The molecule has 182 valence electrons. The van der Waals surface area contributed by atoms with Crippen LogP contribution >= 0.6 is 11.3 Å². The molecular formula is C36H27NS. The number of benzene rings is 5. The molecular weight excluding hydrogens is 478 g/mol. The zero-order valence-corrected chi connectivity index (χ0v) is 21.8. The first kappa shape index (κ1) is 23.7. The molecule has 0 amide bonds. The van der Waals surface area contributed by atoms with Gasteiger partial charge in [-0.05, 0) is 69.9 Å². The molecule has 0 fully saturated rings. The lowest BCUT2D eigenvalue weighted by Crippen LogP contribution is -2.10. The van der Waals surface area contributed by atoms with Crippen LogP contribution in [0.4, 0.5) is 17.1 Å². The van der Waals surface area contributed by atoms with Gasteiger partial charge in [0.1, 0.15) is 0 Å². The summed E-state index contributed by atoms with van der Waals surface area (Å²) in [5.74, 6) is 0. The van der Waals surface area contributed by atoms with Crippen molar-refractivity contribution in [2.45, 2.75) is 0 Å². The van der Waals surface area contributed by atoms with Gasteiger partial charge in [-0.25, -0.2) is 0 Å². The summed E-state index contributed by atoms with van der Waals surface area (Å²) in [6.07, 6.45) is 8.66. The first-order valence-corrected chi connectivity index (χ1v) is 13.6. The third-order valence-corrected chi connectivity index (χ3v) is 7.40. The summed E-state index contributed by atoms with van der Waals surface area (Å²) in [4.78, 5) is 3.60. The number of hydrogen-bond acceptors (Lipinski definition) is 2. The molecule has 5 aromatic carbocycles. The highest BCUT2D eigenvalue weighted by Gasteiger charge is 2.14. The molecule has 0 aliphatic rings. The van der Waals surface area contributed by atoms with E-state index in [0.29, 0.717) is 0 Å². The number of para-hydroxylation sites is 1. The first-order chi connectivity index (χ1) is 18.8. The molecule has 1 nitrogen and oxygen atoms in total. The van der Waals surface area contributed by atoms with Crippen LogP contribution in [-0.4, -0.2) is 0 Å². The van der Waals surface area contributed by atoms with E-state index in [2.05, 4.69) is 168 Å². The van der Waals surface area contributed by atoms with Gasteiger partial charge in [0, 0.05) is 21.6 Å². The lowest BCUT2D eigenvalue weighted by Gasteiger charge is -2.27. The Morgan fingerprint density at radius 1 is 0.447 bits per heavy atom. The molecule has 0 aliphatic heterocycles. The molecule has 1 aromatic heterocycles. The molecule has 0 N–H and O–H groups in total. The van der Waals surface area contributed by atoms with E-state index in [0.717, 1.165) is 11.4 Å². The average Bonchev–Trinajstić information content (AvgIpc) is 3.51. The number of hydrogen-bond donors (Lipinski definition) is 0.